The first kappa shape index (κ1) is 24.8. The van der Waals surface area contributed by atoms with E-state index in [1.54, 1.807) is 19.1 Å². The molecule has 1 amide bonds. The van der Waals surface area contributed by atoms with Gasteiger partial charge >= 0.3 is 6.18 Å². The molecule has 1 saturated heterocycles. The normalized spacial score (nSPS) is 24.0. The van der Waals surface area contributed by atoms with Gasteiger partial charge in [0.2, 0.25) is 0 Å². The van der Waals surface area contributed by atoms with Gasteiger partial charge in [-0.2, -0.15) is 13.2 Å². The van der Waals surface area contributed by atoms with Gasteiger partial charge in [-0.3, -0.25) is 4.79 Å². The lowest BCUT2D eigenvalue weighted by atomic mass is 9.80. The summed E-state index contributed by atoms with van der Waals surface area (Å²) >= 11 is 3.05. The van der Waals surface area contributed by atoms with Gasteiger partial charge < -0.3 is 10.5 Å². The van der Waals surface area contributed by atoms with E-state index in [-0.39, 0.29) is 18.2 Å². The number of primary amides is 1. The third-order valence-electron chi connectivity index (χ3n) is 4.68. The van der Waals surface area contributed by atoms with Crippen LogP contribution in [0, 0.1) is 16.7 Å². The minimum atomic E-state index is -4.34. The predicted octanol–water partition coefficient (Wildman–Crippen LogP) is 4.76. The number of nitrogens with two attached hydrogens (primary N) is 1. The van der Waals surface area contributed by atoms with E-state index < -0.39 is 23.6 Å². The lowest BCUT2D eigenvalue weighted by Gasteiger charge is -2.32. The van der Waals surface area contributed by atoms with Crippen LogP contribution in [0.25, 0.3) is 0 Å². The van der Waals surface area contributed by atoms with E-state index in [4.69, 9.17) is 10.5 Å². The Morgan fingerprint density at radius 3 is 2.59 bits per heavy atom. The summed E-state index contributed by atoms with van der Waals surface area (Å²) in [5.41, 5.74) is 6.18. The molecule has 1 aromatic rings. The number of pyridine rings is 1. The second kappa shape index (κ2) is 9.97. The topological polar surface area (TPSA) is 107 Å². The van der Waals surface area contributed by atoms with E-state index in [1.807, 2.05) is 6.92 Å². The third-order valence-corrected chi connectivity index (χ3v) is 5.08. The zero-order valence-corrected chi connectivity index (χ0v) is 17.7. The zero-order chi connectivity index (χ0) is 22.4. The van der Waals surface area contributed by atoms with Gasteiger partial charge in [-0.05, 0) is 47.5 Å². The van der Waals surface area contributed by atoms with E-state index >= 15 is 0 Å². The minimum absolute atomic E-state index is 0.0560. The van der Waals surface area contributed by atoms with Crippen LogP contribution in [0.3, 0.4) is 0 Å². The van der Waals surface area contributed by atoms with Crippen molar-refractivity contribution in [2.24, 2.45) is 22.9 Å². The number of alkyl halides is 3. The average molecular weight is 479 g/mol. The van der Waals surface area contributed by atoms with Crippen LogP contribution >= 0.6 is 15.9 Å². The van der Waals surface area contributed by atoms with Crippen molar-refractivity contribution < 1.29 is 22.7 Å². The molecule has 7 nitrogen and oxygen atoms in total. The molecular formula is C18H22BrF3N4O3. The number of hydrogen-bond acceptors (Lipinski definition) is 5. The van der Waals surface area contributed by atoms with Gasteiger partial charge in [-0.15, -0.1) is 4.91 Å². The number of allylic oxidation sites excluding steroid dienone is 2. The molecule has 1 aromatic heterocycles. The summed E-state index contributed by atoms with van der Waals surface area (Å²) in [5.74, 6) is -1.55. The minimum Gasteiger partial charge on any atom is -0.365 e. The zero-order valence-electron chi connectivity index (χ0n) is 16.1. The number of carbonyl (C=O) groups excluding carboxylic acids is 1. The van der Waals surface area contributed by atoms with E-state index in [0.29, 0.717) is 15.9 Å². The van der Waals surface area contributed by atoms with Crippen LogP contribution in [0.2, 0.25) is 0 Å². The molecule has 29 heavy (non-hydrogen) atoms. The fraction of sp³-hybridized carbons (Fsp3) is 0.444. The highest BCUT2D eigenvalue weighted by Gasteiger charge is 2.61. The van der Waals surface area contributed by atoms with Gasteiger partial charge in [0.05, 0.1) is 17.6 Å². The molecule has 3 atom stereocenters. The Balaban J connectivity index is 0.000000296. The smallest absolute Gasteiger partial charge is 0.365 e. The van der Waals surface area contributed by atoms with Crippen LogP contribution in [0.1, 0.15) is 31.3 Å². The number of ether oxygens (including phenoxy) is 1. The van der Waals surface area contributed by atoms with Gasteiger partial charge in [0.15, 0.2) is 5.60 Å². The van der Waals surface area contributed by atoms with Gasteiger partial charge in [-0.1, -0.05) is 25.7 Å². The summed E-state index contributed by atoms with van der Waals surface area (Å²) in [7, 11) is 0. The van der Waals surface area contributed by atoms with Crippen molar-refractivity contribution in [1.29, 1.82) is 0 Å². The van der Waals surface area contributed by atoms with Gasteiger partial charge in [0.25, 0.3) is 5.91 Å². The SMILES string of the molecule is C=C(/C=C\C)C1CO[C@@](C)(C(F)(F)F)C1C.NC(=O)c1cc(NN=O)cc(Br)n1. The molecule has 1 aliphatic heterocycles. The van der Waals surface area contributed by atoms with Crippen LogP contribution in [0.4, 0.5) is 18.9 Å². The fourth-order valence-electron chi connectivity index (χ4n) is 2.77. The number of rotatable bonds is 5. The maximum atomic E-state index is 12.8. The first-order valence-corrected chi connectivity index (χ1v) is 9.24. The molecule has 0 aliphatic carbocycles. The van der Waals surface area contributed by atoms with Crippen LogP contribution in [-0.2, 0) is 4.74 Å². The summed E-state index contributed by atoms with van der Waals surface area (Å²) in [4.78, 5) is 24.3. The number of nitrogens with one attached hydrogen (secondary N) is 1. The van der Waals surface area contributed by atoms with Crippen LogP contribution in [0.15, 0.2) is 46.3 Å². The number of carbonyl (C=O) groups is 1. The molecule has 2 heterocycles. The van der Waals surface area contributed by atoms with Crippen molar-refractivity contribution in [3.63, 3.8) is 0 Å². The van der Waals surface area contributed by atoms with Crippen molar-refractivity contribution in [3.8, 4) is 0 Å². The van der Waals surface area contributed by atoms with Gasteiger partial charge in [0.1, 0.15) is 10.3 Å². The number of hydrogen-bond donors (Lipinski definition) is 2. The van der Waals surface area contributed by atoms with E-state index in [2.05, 4.69) is 38.2 Å². The summed E-state index contributed by atoms with van der Waals surface area (Å²) in [5, 5.41) is 2.45. The molecule has 0 radical (unpaired) electrons. The van der Waals surface area contributed by atoms with Crippen molar-refractivity contribution >= 4 is 27.5 Å². The van der Waals surface area contributed by atoms with Crippen LogP contribution in [-0.4, -0.2) is 29.3 Å². The van der Waals surface area contributed by atoms with Crippen molar-refractivity contribution in [2.45, 2.75) is 32.5 Å². The summed E-state index contributed by atoms with van der Waals surface area (Å²) in [6.07, 6.45) is -0.817. The number of nitrogens with zero attached hydrogens (tertiary/aromatic N) is 2. The molecule has 2 rings (SSSR count). The fourth-order valence-corrected chi connectivity index (χ4v) is 3.21. The number of aromatic nitrogens is 1. The lowest BCUT2D eigenvalue weighted by Crippen LogP contribution is -2.46. The van der Waals surface area contributed by atoms with Crippen molar-refractivity contribution in [1.82, 2.24) is 4.98 Å². The summed E-state index contributed by atoms with van der Waals surface area (Å²) in [6, 6.07) is 2.82. The molecule has 0 saturated carbocycles. The Kier molecular flexibility index (Phi) is 8.51. The molecule has 2 unspecified atom stereocenters. The largest absolute Gasteiger partial charge is 0.417 e. The maximum absolute atomic E-state index is 12.8. The average Bonchev–Trinajstić information content (AvgIpc) is 2.92. The molecule has 0 bridgehead atoms. The van der Waals surface area contributed by atoms with E-state index in [1.165, 1.54) is 12.1 Å². The number of nitroso groups, excluding NO2 is 1. The predicted molar refractivity (Wildman–Crippen MR) is 107 cm³/mol. The molecule has 0 aromatic carbocycles. The Bertz CT molecular complexity index is 801. The highest BCUT2D eigenvalue weighted by molar-refractivity contribution is 9.10. The van der Waals surface area contributed by atoms with Crippen molar-refractivity contribution in [3.05, 3.63) is 51.6 Å². The molecule has 3 N–H and O–H groups in total. The summed E-state index contributed by atoms with van der Waals surface area (Å²) in [6.45, 7) is 8.37. The molecule has 160 valence electrons. The Hall–Kier alpha value is -2.27. The lowest BCUT2D eigenvalue weighted by molar-refractivity contribution is -0.266. The maximum Gasteiger partial charge on any atom is 0.417 e. The highest BCUT2D eigenvalue weighted by atomic mass is 79.9. The Morgan fingerprint density at radius 2 is 2.14 bits per heavy atom. The summed E-state index contributed by atoms with van der Waals surface area (Å²) < 4.78 is 43.9. The first-order valence-electron chi connectivity index (χ1n) is 8.45. The Labute approximate surface area is 174 Å². The molecule has 1 aliphatic rings. The van der Waals surface area contributed by atoms with Gasteiger partial charge in [0, 0.05) is 11.8 Å². The standard InChI is InChI=1S/C12H17F3O.C6H5BrN4O2/c1-5-6-8(2)10-7-16-11(4,9(10)3)12(13,14)15;7-5-2-3(10-11-13)1-4(9-5)6(8)12/h5-6,9-10H,2,7H2,1,3-4H3;1-2H,(H2,8,12)(H,9,10,13)/b6-5-;/t9?,10?,11-;/m1./s1. The third kappa shape index (κ3) is 6.10. The van der Waals surface area contributed by atoms with Crippen molar-refractivity contribution in [2.75, 3.05) is 12.0 Å². The quantitative estimate of drug-likeness (QED) is 0.274. The van der Waals surface area contributed by atoms with Crippen LogP contribution in [0.5, 0.6) is 0 Å². The monoisotopic (exact) mass is 478 g/mol. The first-order chi connectivity index (χ1) is 13.4. The van der Waals surface area contributed by atoms with Crippen LogP contribution < -0.4 is 11.2 Å². The van der Waals surface area contributed by atoms with E-state index in [9.17, 15) is 22.9 Å². The van der Waals surface area contributed by atoms with Gasteiger partial charge in [-0.25, -0.2) is 10.4 Å². The molecule has 1 fully saturated rings. The molecular weight excluding hydrogens is 457 g/mol. The van der Waals surface area contributed by atoms with E-state index in [0.717, 1.165) is 6.92 Å². The number of halogens is 4. The number of amides is 1. The highest BCUT2D eigenvalue weighted by Crippen LogP contribution is 2.48. The molecule has 11 heteroatoms. The Morgan fingerprint density at radius 1 is 1.52 bits per heavy atom. The second-order valence-corrected chi connectivity index (χ2v) is 7.33. The second-order valence-electron chi connectivity index (χ2n) is 6.52. The number of anilines is 1. The molecule has 0 spiro atoms.